The summed E-state index contributed by atoms with van der Waals surface area (Å²) in [5.41, 5.74) is 0.820. The highest BCUT2D eigenvalue weighted by molar-refractivity contribution is 5.73. The number of rotatable bonds is 3. The van der Waals surface area contributed by atoms with Gasteiger partial charge in [0.15, 0.2) is 5.82 Å². The molecule has 1 aromatic carbocycles. The minimum atomic E-state index is -0.464. The highest BCUT2D eigenvalue weighted by Crippen LogP contribution is 2.13. The monoisotopic (exact) mass is 276 g/mol. The molecule has 9 heteroatoms. The third-order valence-corrected chi connectivity index (χ3v) is 2.52. The largest absolute Gasteiger partial charge is 0.362 e. The molecular formula is C11H12N6O3. The Balaban J connectivity index is 2.10. The number of nitro groups is 1. The molecule has 2 aromatic rings. The number of aromatic nitrogens is 4. The Kier molecular flexibility index (Phi) is 3.69. The summed E-state index contributed by atoms with van der Waals surface area (Å²) in [6.07, 6.45) is 0.346. The molecule has 104 valence electrons. The van der Waals surface area contributed by atoms with Gasteiger partial charge in [0.05, 0.1) is 4.92 Å². The third-order valence-electron chi connectivity index (χ3n) is 2.52. The topological polar surface area (TPSA) is 107 Å². The second kappa shape index (κ2) is 5.43. The molecule has 0 bridgehead atoms. The fourth-order valence-corrected chi connectivity index (χ4v) is 1.49. The quantitative estimate of drug-likeness (QED) is 0.603. The van der Waals surface area contributed by atoms with E-state index in [2.05, 4.69) is 15.4 Å². The van der Waals surface area contributed by atoms with E-state index in [9.17, 15) is 14.9 Å². The van der Waals surface area contributed by atoms with Gasteiger partial charge in [0, 0.05) is 32.6 Å². The van der Waals surface area contributed by atoms with E-state index in [1.807, 2.05) is 0 Å². The summed E-state index contributed by atoms with van der Waals surface area (Å²) in [6.45, 7) is 0. The van der Waals surface area contributed by atoms with E-state index in [4.69, 9.17) is 0 Å². The zero-order chi connectivity index (χ0) is 14.7. The average Bonchev–Trinajstić information content (AvgIpc) is 2.86. The molecule has 0 aliphatic heterocycles. The first-order valence-electron chi connectivity index (χ1n) is 5.71. The fraction of sp³-hybridized carbons (Fsp3) is 0.273. The van der Waals surface area contributed by atoms with Gasteiger partial charge in [0.2, 0.25) is 0 Å². The molecule has 0 saturated carbocycles. The highest BCUT2D eigenvalue weighted by Gasteiger charge is 2.12. The molecule has 0 radical (unpaired) electrons. The maximum Gasteiger partial charge on any atom is 0.362 e. The summed E-state index contributed by atoms with van der Waals surface area (Å²) in [7, 11) is 3.17. The number of carbonyl (C=O) groups excluding carboxylic acids is 1. The number of hydrogen-bond donors (Lipinski definition) is 0. The van der Waals surface area contributed by atoms with Gasteiger partial charge in [-0.25, -0.2) is 4.79 Å². The number of tetrazole rings is 1. The summed E-state index contributed by atoms with van der Waals surface area (Å²) in [5, 5.41) is 21.9. The number of non-ortho nitro benzene ring substituents is 1. The van der Waals surface area contributed by atoms with Crippen LogP contribution in [-0.4, -0.2) is 50.2 Å². The normalized spacial score (nSPS) is 10.3. The van der Waals surface area contributed by atoms with Crippen molar-refractivity contribution in [3.63, 3.8) is 0 Å². The van der Waals surface area contributed by atoms with Gasteiger partial charge < -0.3 is 4.90 Å². The van der Waals surface area contributed by atoms with Crippen molar-refractivity contribution in [3.05, 3.63) is 45.8 Å². The zero-order valence-electron chi connectivity index (χ0n) is 10.9. The Bertz CT molecular complexity index is 634. The van der Waals surface area contributed by atoms with Crippen molar-refractivity contribution in [1.82, 2.24) is 25.1 Å². The predicted molar refractivity (Wildman–Crippen MR) is 68.2 cm³/mol. The Morgan fingerprint density at radius 1 is 1.35 bits per heavy atom. The molecule has 0 aliphatic carbocycles. The van der Waals surface area contributed by atoms with Crippen LogP contribution in [0.4, 0.5) is 10.5 Å². The first kappa shape index (κ1) is 13.6. The van der Waals surface area contributed by atoms with Crippen LogP contribution in [0.25, 0.3) is 0 Å². The average molecular weight is 276 g/mol. The lowest BCUT2D eigenvalue weighted by Crippen LogP contribution is -2.29. The fourth-order valence-electron chi connectivity index (χ4n) is 1.49. The van der Waals surface area contributed by atoms with Crippen LogP contribution < -0.4 is 0 Å². The van der Waals surface area contributed by atoms with Crippen LogP contribution >= 0.6 is 0 Å². The smallest absolute Gasteiger partial charge is 0.328 e. The first-order chi connectivity index (χ1) is 9.47. The summed E-state index contributed by atoms with van der Waals surface area (Å²) in [4.78, 5) is 23.9. The van der Waals surface area contributed by atoms with Gasteiger partial charge >= 0.3 is 6.03 Å². The molecule has 2 rings (SSSR count). The maximum absolute atomic E-state index is 11.6. The number of nitrogens with zero attached hydrogens (tertiary/aromatic N) is 6. The molecule has 0 unspecified atom stereocenters. The minimum Gasteiger partial charge on any atom is -0.328 e. The van der Waals surface area contributed by atoms with Crippen LogP contribution in [-0.2, 0) is 6.42 Å². The van der Waals surface area contributed by atoms with Crippen molar-refractivity contribution < 1.29 is 9.72 Å². The molecule has 1 amide bonds. The molecular weight excluding hydrogens is 264 g/mol. The van der Waals surface area contributed by atoms with E-state index in [-0.39, 0.29) is 5.69 Å². The van der Waals surface area contributed by atoms with Gasteiger partial charge in [0.25, 0.3) is 5.69 Å². The molecule has 0 saturated heterocycles. The number of hydrogen-bond acceptors (Lipinski definition) is 6. The Labute approximate surface area is 114 Å². The van der Waals surface area contributed by atoms with Crippen LogP contribution in [0.3, 0.4) is 0 Å². The summed E-state index contributed by atoms with van der Waals surface area (Å²) in [5.74, 6) is 0.369. The molecule has 9 nitrogen and oxygen atoms in total. The standard InChI is InChI=1S/C11H12N6O3/c1-15(2)11(18)16-13-10(12-14-16)7-8-3-5-9(6-4-8)17(19)20/h3-6H,7H2,1-2H3. The van der Waals surface area contributed by atoms with Crippen LogP contribution in [0.1, 0.15) is 11.4 Å². The van der Waals surface area contributed by atoms with Crippen molar-refractivity contribution in [1.29, 1.82) is 0 Å². The lowest BCUT2D eigenvalue weighted by molar-refractivity contribution is -0.384. The van der Waals surface area contributed by atoms with Crippen molar-refractivity contribution in [2.75, 3.05) is 14.1 Å². The lowest BCUT2D eigenvalue weighted by Gasteiger charge is -2.06. The van der Waals surface area contributed by atoms with Crippen molar-refractivity contribution in [2.45, 2.75) is 6.42 Å². The van der Waals surface area contributed by atoms with E-state index >= 15 is 0 Å². The van der Waals surface area contributed by atoms with Crippen molar-refractivity contribution in [2.24, 2.45) is 0 Å². The van der Waals surface area contributed by atoms with Crippen LogP contribution in [0.2, 0.25) is 0 Å². The first-order valence-corrected chi connectivity index (χ1v) is 5.71. The summed E-state index contributed by atoms with van der Waals surface area (Å²) >= 11 is 0. The molecule has 0 N–H and O–H groups in total. The Morgan fingerprint density at radius 3 is 2.55 bits per heavy atom. The van der Waals surface area contributed by atoms with E-state index in [1.54, 1.807) is 26.2 Å². The molecule has 0 aliphatic rings. The van der Waals surface area contributed by atoms with Gasteiger partial charge in [0.1, 0.15) is 0 Å². The van der Waals surface area contributed by atoms with Gasteiger partial charge in [-0.15, -0.1) is 10.2 Å². The maximum atomic E-state index is 11.6. The van der Waals surface area contributed by atoms with Crippen molar-refractivity contribution >= 4 is 11.7 Å². The lowest BCUT2D eigenvalue weighted by atomic mass is 10.1. The van der Waals surface area contributed by atoms with E-state index in [1.165, 1.54) is 17.0 Å². The Hall–Kier alpha value is -2.84. The summed E-state index contributed by atoms with van der Waals surface area (Å²) in [6, 6.07) is 5.65. The molecule has 0 fully saturated rings. The predicted octanol–water partition coefficient (Wildman–Crippen LogP) is 0.702. The Morgan fingerprint density at radius 2 is 2.00 bits per heavy atom. The van der Waals surface area contributed by atoms with E-state index < -0.39 is 11.0 Å². The van der Waals surface area contributed by atoms with Crippen LogP contribution in [0.15, 0.2) is 24.3 Å². The second-order valence-corrected chi connectivity index (χ2v) is 4.27. The molecule has 1 aromatic heterocycles. The molecule has 20 heavy (non-hydrogen) atoms. The summed E-state index contributed by atoms with van der Waals surface area (Å²) < 4.78 is 0. The SMILES string of the molecule is CN(C)C(=O)n1nnc(Cc2ccc([N+](=O)[O-])cc2)n1. The highest BCUT2D eigenvalue weighted by atomic mass is 16.6. The number of carbonyl (C=O) groups is 1. The van der Waals surface area contributed by atoms with Gasteiger partial charge in [-0.1, -0.05) is 16.9 Å². The number of amides is 1. The molecule has 1 heterocycles. The molecule has 0 spiro atoms. The zero-order valence-corrected chi connectivity index (χ0v) is 10.9. The minimum absolute atomic E-state index is 0.0214. The van der Waals surface area contributed by atoms with Gasteiger partial charge in [-0.3, -0.25) is 10.1 Å². The van der Waals surface area contributed by atoms with Crippen LogP contribution in [0.5, 0.6) is 0 Å². The molecule has 0 atom stereocenters. The van der Waals surface area contributed by atoms with Crippen LogP contribution in [0, 0.1) is 10.1 Å². The number of benzene rings is 1. The number of nitro benzene ring substituents is 1. The van der Waals surface area contributed by atoms with E-state index in [0.29, 0.717) is 12.2 Å². The third kappa shape index (κ3) is 2.94. The van der Waals surface area contributed by atoms with Gasteiger partial charge in [-0.2, -0.15) is 0 Å². The van der Waals surface area contributed by atoms with E-state index in [0.717, 1.165) is 10.4 Å². The van der Waals surface area contributed by atoms with Crippen molar-refractivity contribution in [3.8, 4) is 0 Å². The second-order valence-electron chi connectivity index (χ2n) is 4.27. The van der Waals surface area contributed by atoms with Gasteiger partial charge in [-0.05, 0) is 10.8 Å².